The highest BCUT2D eigenvalue weighted by Gasteiger charge is 1.84. The molecule has 11 heavy (non-hydrogen) atoms. The highest BCUT2D eigenvalue weighted by atomic mass is 16.2. The van der Waals surface area contributed by atoms with Crippen LogP contribution in [0.25, 0.3) is 0 Å². The molecular formula is C10H17O. The third kappa shape index (κ3) is 9.28. The SMILES string of the molecule is CC=CCCCCCC=C[O]. The van der Waals surface area contributed by atoms with Crippen molar-refractivity contribution in [3.63, 3.8) is 0 Å². The summed E-state index contributed by atoms with van der Waals surface area (Å²) >= 11 is 0. The van der Waals surface area contributed by atoms with E-state index in [1.54, 1.807) is 6.08 Å². The maximum absolute atomic E-state index is 9.87. The first-order valence-electron chi connectivity index (χ1n) is 4.30. The lowest BCUT2D eigenvalue weighted by Gasteiger charge is -1.93. The maximum Gasteiger partial charge on any atom is 0.138 e. The van der Waals surface area contributed by atoms with Gasteiger partial charge in [-0.25, -0.2) is 0 Å². The van der Waals surface area contributed by atoms with Gasteiger partial charge in [0.05, 0.1) is 0 Å². The molecule has 0 spiro atoms. The molecule has 0 rings (SSSR count). The lowest BCUT2D eigenvalue weighted by molar-refractivity contribution is 0.349. The van der Waals surface area contributed by atoms with E-state index in [-0.39, 0.29) is 0 Å². The first kappa shape index (κ1) is 10.3. The molecule has 1 heteroatoms. The Hall–Kier alpha value is -0.720. The lowest BCUT2D eigenvalue weighted by Crippen LogP contribution is -1.74. The predicted octanol–water partition coefficient (Wildman–Crippen LogP) is 3.46. The van der Waals surface area contributed by atoms with E-state index in [4.69, 9.17) is 0 Å². The largest absolute Gasteiger partial charge is 0.299 e. The van der Waals surface area contributed by atoms with Gasteiger partial charge in [0.2, 0.25) is 0 Å². The average Bonchev–Trinajstić information content (AvgIpc) is 2.03. The van der Waals surface area contributed by atoms with Gasteiger partial charge in [-0.3, -0.25) is 5.11 Å². The molecular weight excluding hydrogens is 136 g/mol. The van der Waals surface area contributed by atoms with Gasteiger partial charge in [0.15, 0.2) is 0 Å². The van der Waals surface area contributed by atoms with Crippen LogP contribution in [0.4, 0.5) is 0 Å². The van der Waals surface area contributed by atoms with E-state index in [0.29, 0.717) is 0 Å². The van der Waals surface area contributed by atoms with Gasteiger partial charge in [0, 0.05) is 0 Å². The van der Waals surface area contributed by atoms with Crippen LogP contribution in [0.1, 0.15) is 39.0 Å². The van der Waals surface area contributed by atoms with Crippen LogP contribution in [0.3, 0.4) is 0 Å². The second kappa shape index (κ2) is 9.28. The van der Waals surface area contributed by atoms with Crippen LogP contribution in [0.2, 0.25) is 0 Å². The maximum atomic E-state index is 9.87. The molecule has 0 aliphatic carbocycles. The van der Waals surface area contributed by atoms with Crippen molar-refractivity contribution in [1.29, 1.82) is 0 Å². The quantitative estimate of drug-likeness (QED) is 0.316. The molecule has 0 aliphatic heterocycles. The molecule has 0 unspecified atom stereocenters. The normalized spacial score (nSPS) is 11.7. The van der Waals surface area contributed by atoms with Crippen molar-refractivity contribution in [1.82, 2.24) is 0 Å². The Morgan fingerprint density at radius 2 is 1.64 bits per heavy atom. The summed E-state index contributed by atoms with van der Waals surface area (Å²) in [5.74, 6) is 0. The zero-order valence-electron chi connectivity index (χ0n) is 7.25. The monoisotopic (exact) mass is 153 g/mol. The molecule has 63 valence electrons. The molecule has 0 fully saturated rings. The minimum atomic E-state index is 0.881. The second-order valence-electron chi connectivity index (χ2n) is 2.58. The molecule has 0 aliphatic rings. The van der Waals surface area contributed by atoms with Crippen molar-refractivity contribution in [2.24, 2.45) is 0 Å². The number of hydrogen-bond acceptors (Lipinski definition) is 0. The van der Waals surface area contributed by atoms with Gasteiger partial charge >= 0.3 is 0 Å². The van der Waals surface area contributed by atoms with Gasteiger partial charge in [0.1, 0.15) is 6.26 Å². The van der Waals surface area contributed by atoms with Gasteiger partial charge in [0.25, 0.3) is 0 Å². The zero-order valence-corrected chi connectivity index (χ0v) is 7.25. The summed E-state index contributed by atoms with van der Waals surface area (Å²) in [7, 11) is 0. The van der Waals surface area contributed by atoms with Gasteiger partial charge in [-0.15, -0.1) is 0 Å². The molecule has 0 atom stereocenters. The Kier molecular flexibility index (Phi) is 8.67. The molecule has 0 aromatic rings. The zero-order chi connectivity index (χ0) is 8.36. The lowest BCUT2D eigenvalue weighted by atomic mass is 10.1. The van der Waals surface area contributed by atoms with Crippen LogP contribution < -0.4 is 0 Å². The Labute approximate surface area is 69.4 Å². The standard InChI is InChI=1S/C10H17O/c1-2-3-4-5-6-7-8-9-10-11/h2-3,9-10H,4-8H2,1H3. The third-order valence-electron chi connectivity index (χ3n) is 1.57. The van der Waals surface area contributed by atoms with Crippen molar-refractivity contribution in [2.75, 3.05) is 0 Å². The van der Waals surface area contributed by atoms with Crippen molar-refractivity contribution < 1.29 is 5.11 Å². The fraction of sp³-hybridized carbons (Fsp3) is 0.600. The molecule has 0 aromatic carbocycles. The summed E-state index contributed by atoms with van der Waals surface area (Å²) in [6.45, 7) is 2.04. The smallest absolute Gasteiger partial charge is 0.138 e. The molecule has 0 amide bonds. The summed E-state index contributed by atoms with van der Waals surface area (Å²) in [6, 6.07) is 0. The van der Waals surface area contributed by atoms with E-state index in [1.807, 2.05) is 6.92 Å². The fourth-order valence-corrected chi connectivity index (χ4v) is 0.936. The summed E-state index contributed by atoms with van der Waals surface area (Å²) in [5, 5.41) is 9.87. The average molecular weight is 153 g/mol. The highest BCUT2D eigenvalue weighted by Crippen LogP contribution is 2.03. The topological polar surface area (TPSA) is 19.9 Å². The minimum Gasteiger partial charge on any atom is -0.299 e. The van der Waals surface area contributed by atoms with Crippen molar-refractivity contribution in [3.8, 4) is 0 Å². The van der Waals surface area contributed by atoms with Crippen molar-refractivity contribution in [2.45, 2.75) is 39.0 Å². The Morgan fingerprint density at radius 3 is 2.18 bits per heavy atom. The van der Waals surface area contributed by atoms with Crippen LogP contribution in [-0.4, -0.2) is 0 Å². The second-order valence-corrected chi connectivity index (χ2v) is 2.58. The summed E-state index contributed by atoms with van der Waals surface area (Å²) in [6.07, 6.45) is 12.6. The van der Waals surface area contributed by atoms with Crippen LogP contribution in [-0.2, 0) is 5.11 Å². The van der Waals surface area contributed by atoms with Gasteiger partial charge in [-0.2, -0.15) is 0 Å². The number of allylic oxidation sites excluding steroid dienone is 3. The Balaban J connectivity index is 2.90. The summed E-state index contributed by atoms with van der Waals surface area (Å²) in [4.78, 5) is 0. The summed E-state index contributed by atoms with van der Waals surface area (Å²) in [5.41, 5.74) is 0. The Bertz CT molecular complexity index is 100. The van der Waals surface area contributed by atoms with Crippen molar-refractivity contribution in [3.05, 3.63) is 24.5 Å². The molecule has 1 radical (unpaired) electrons. The first-order valence-corrected chi connectivity index (χ1v) is 4.30. The van der Waals surface area contributed by atoms with E-state index in [0.717, 1.165) is 19.1 Å². The molecule has 0 aromatic heterocycles. The molecule has 1 nitrogen and oxygen atoms in total. The molecule has 0 N–H and O–H groups in total. The van der Waals surface area contributed by atoms with E-state index >= 15 is 0 Å². The van der Waals surface area contributed by atoms with Crippen LogP contribution in [0.15, 0.2) is 24.5 Å². The van der Waals surface area contributed by atoms with Gasteiger partial charge in [-0.05, 0) is 38.7 Å². The van der Waals surface area contributed by atoms with Crippen LogP contribution in [0.5, 0.6) is 0 Å². The Morgan fingerprint density at radius 1 is 1.00 bits per heavy atom. The number of hydrogen-bond donors (Lipinski definition) is 0. The minimum absolute atomic E-state index is 0.881. The van der Waals surface area contributed by atoms with E-state index in [9.17, 15) is 5.11 Å². The molecule has 0 saturated carbocycles. The van der Waals surface area contributed by atoms with E-state index < -0.39 is 0 Å². The van der Waals surface area contributed by atoms with Crippen LogP contribution >= 0.6 is 0 Å². The van der Waals surface area contributed by atoms with Crippen molar-refractivity contribution >= 4 is 0 Å². The number of unbranched alkanes of at least 4 members (excludes halogenated alkanes) is 4. The first-order chi connectivity index (χ1) is 5.41. The summed E-state index contributed by atoms with van der Waals surface area (Å²) < 4.78 is 0. The van der Waals surface area contributed by atoms with E-state index in [1.165, 1.54) is 19.3 Å². The molecule has 0 bridgehead atoms. The van der Waals surface area contributed by atoms with Crippen LogP contribution in [0, 0.1) is 0 Å². The van der Waals surface area contributed by atoms with Gasteiger partial charge < -0.3 is 0 Å². The number of rotatable bonds is 6. The van der Waals surface area contributed by atoms with E-state index in [2.05, 4.69) is 12.2 Å². The molecule has 0 saturated heterocycles. The predicted molar refractivity (Wildman–Crippen MR) is 47.7 cm³/mol. The molecule has 0 heterocycles. The third-order valence-corrected chi connectivity index (χ3v) is 1.57. The fourth-order valence-electron chi connectivity index (χ4n) is 0.936. The highest BCUT2D eigenvalue weighted by molar-refractivity contribution is 4.76. The van der Waals surface area contributed by atoms with Gasteiger partial charge in [-0.1, -0.05) is 18.6 Å².